The van der Waals surface area contributed by atoms with E-state index in [9.17, 15) is 9.59 Å². The van der Waals surface area contributed by atoms with Crippen LogP contribution >= 0.6 is 0 Å². The minimum absolute atomic E-state index is 0.167. The lowest BCUT2D eigenvalue weighted by Crippen LogP contribution is -2.35. The number of aryl methyl sites for hydroxylation is 1. The topological polar surface area (TPSA) is 98.4 Å². The van der Waals surface area contributed by atoms with E-state index in [1.807, 2.05) is 73.3 Å². The van der Waals surface area contributed by atoms with Crippen molar-refractivity contribution in [2.24, 2.45) is 0 Å². The number of benzene rings is 3. The van der Waals surface area contributed by atoms with Gasteiger partial charge in [0.05, 0.1) is 13.2 Å². The summed E-state index contributed by atoms with van der Waals surface area (Å²) in [5.74, 6) is 0.195. The molecule has 0 aromatic heterocycles. The predicted molar refractivity (Wildman–Crippen MR) is 181 cm³/mol. The summed E-state index contributed by atoms with van der Waals surface area (Å²) in [5, 5.41) is 5.84. The number of amides is 3. The van der Waals surface area contributed by atoms with E-state index >= 15 is 0 Å². The van der Waals surface area contributed by atoms with Crippen LogP contribution in [-0.4, -0.2) is 49.1 Å². The van der Waals surface area contributed by atoms with Crippen molar-refractivity contribution in [1.29, 1.82) is 0 Å². The van der Waals surface area contributed by atoms with E-state index < -0.39 is 5.79 Å². The molecule has 1 saturated heterocycles. The Labute approximate surface area is 278 Å². The lowest BCUT2D eigenvalue weighted by atomic mass is 10.0. The maximum absolute atomic E-state index is 12.5. The van der Waals surface area contributed by atoms with E-state index in [1.165, 1.54) is 5.56 Å². The smallest absolute Gasteiger partial charge is 0.410 e. The maximum Gasteiger partial charge on any atom is 0.410 e. The Morgan fingerprint density at radius 3 is 2.40 bits per heavy atom. The van der Waals surface area contributed by atoms with Gasteiger partial charge in [0.25, 0.3) is 0 Å². The van der Waals surface area contributed by atoms with Gasteiger partial charge in [-0.3, -0.25) is 0 Å². The molecule has 9 nitrogen and oxygen atoms in total. The summed E-state index contributed by atoms with van der Waals surface area (Å²) in [6.07, 6.45) is 6.69. The van der Waals surface area contributed by atoms with Crippen molar-refractivity contribution >= 4 is 12.1 Å². The van der Waals surface area contributed by atoms with Crippen molar-refractivity contribution < 1.29 is 28.5 Å². The van der Waals surface area contributed by atoms with E-state index in [2.05, 4.69) is 28.8 Å². The van der Waals surface area contributed by atoms with E-state index in [0.717, 1.165) is 86.2 Å². The number of fused-ring (bicyclic) bond motifs is 1. The van der Waals surface area contributed by atoms with Gasteiger partial charge in [-0.05, 0) is 66.5 Å². The zero-order chi connectivity index (χ0) is 32.9. The van der Waals surface area contributed by atoms with Crippen LogP contribution in [0.25, 0.3) is 0 Å². The highest BCUT2D eigenvalue weighted by molar-refractivity contribution is 5.73. The number of carbonyl (C=O) groups is 2. The molecule has 2 heterocycles. The second kappa shape index (κ2) is 17.2. The fourth-order valence-electron chi connectivity index (χ4n) is 5.84. The molecule has 2 N–H and O–H groups in total. The molecule has 47 heavy (non-hydrogen) atoms. The summed E-state index contributed by atoms with van der Waals surface area (Å²) in [4.78, 5) is 26.4. The molecule has 0 radical (unpaired) electrons. The Hall–Kier alpha value is -4.08. The highest BCUT2D eigenvalue weighted by atomic mass is 16.7. The van der Waals surface area contributed by atoms with Crippen molar-refractivity contribution in [3.8, 4) is 5.75 Å². The lowest BCUT2D eigenvalue weighted by molar-refractivity contribution is -0.180. The van der Waals surface area contributed by atoms with Crippen molar-refractivity contribution in [2.45, 2.75) is 90.4 Å². The Kier molecular flexibility index (Phi) is 12.5. The molecule has 1 atom stereocenters. The molecule has 1 unspecified atom stereocenters. The average molecular weight is 644 g/mol. The highest BCUT2D eigenvalue weighted by Crippen LogP contribution is 2.35. The molecule has 2 aliphatic heterocycles. The van der Waals surface area contributed by atoms with E-state index in [1.54, 1.807) is 0 Å². The Morgan fingerprint density at radius 2 is 1.57 bits per heavy atom. The van der Waals surface area contributed by atoms with Gasteiger partial charge in [0.1, 0.15) is 11.9 Å². The first-order valence-electron chi connectivity index (χ1n) is 17.0. The highest BCUT2D eigenvalue weighted by Gasteiger charge is 2.33. The molecule has 0 aliphatic carbocycles. The molecule has 9 heteroatoms. The zero-order valence-corrected chi connectivity index (χ0v) is 27.8. The van der Waals surface area contributed by atoms with E-state index in [-0.39, 0.29) is 18.2 Å². The van der Waals surface area contributed by atoms with Gasteiger partial charge in [0, 0.05) is 52.3 Å². The largest absolute Gasteiger partial charge is 0.463 e. The number of ether oxygens (including phenoxy) is 4. The number of hydrogen-bond donors (Lipinski definition) is 2. The third kappa shape index (κ3) is 11.0. The summed E-state index contributed by atoms with van der Waals surface area (Å²) in [6, 6.07) is 24.1. The van der Waals surface area contributed by atoms with Crippen molar-refractivity contribution in [3.05, 3.63) is 101 Å². The van der Waals surface area contributed by atoms with Crippen molar-refractivity contribution in [3.63, 3.8) is 0 Å². The van der Waals surface area contributed by atoms with Gasteiger partial charge in [-0.1, -0.05) is 73.5 Å². The molecule has 0 spiro atoms. The fraction of sp³-hybridized carbons (Fsp3) is 0.474. The molecule has 3 aromatic rings. The Morgan fingerprint density at radius 1 is 0.851 bits per heavy atom. The first-order valence-corrected chi connectivity index (χ1v) is 17.0. The van der Waals surface area contributed by atoms with Crippen molar-refractivity contribution in [2.75, 3.05) is 26.3 Å². The van der Waals surface area contributed by atoms with Crippen LogP contribution in [0, 0.1) is 0 Å². The molecule has 252 valence electrons. The molecule has 0 bridgehead atoms. The van der Waals surface area contributed by atoms with Crippen LogP contribution in [0.3, 0.4) is 0 Å². The van der Waals surface area contributed by atoms with Crippen LogP contribution in [0.5, 0.6) is 5.75 Å². The van der Waals surface area contributed by atoms with Gasteiger partial charge in [-0.25, -0.2) is 9.59 Å². The maximum atomic E-state index is 12.5. The van der Waals surface area contributed by atoms with Crippen LogP contribution in [0.15, 0.2) is 72.8 Å². The van der Waals surface area contributed by atoms with Gasteiger partial charge in [-0.2, -0.15) is 0 Å². The summed E-state index contributed by atoms with van der Waals surface area (Å²) in [6.45, 7) is 8.11. The molecule has 3 amide bonds. The minimum Gasteiger partial charge on any atom is -0.463 e. The Balaban J connectivity index is 0.868. The van der Waals surface area contributed by atoms with Crippen molar-refractivity contribution in [1.82, 2.24) is 15.5 Å². The summed E-state index contributed by atoms with van der Waals surface area (Å²) in [7, 11) is 0. The predicted octanol–water partition coefficient (Wildman–Crippen LogP) is 7.42. The number of nitrogens with one attached hydrogen (secondary N) is 2. The number of hydrogen-bond acceptors (Lipinski definition) is 6. The molecule has 2 aliphatic rings. The lowest BCUT2D eigenvalue weighted by Gasteiger charge is -2.32. The van der Waals surface area contributed by atoms with E-state index in [0.29, 0.717) is 32.8 Å². The number of nitrogens with zero attached hydrogens (tertiary/aromatic N) is 1. The third-order valence-electron chi connectivity index (χ3n) is 8.49. The molecule has 0 saturated carbocycles. The summed E-state index contributed by atoms with van der Waals surface area (Å²) < 4.78 is 23.2. The van der Waals surface area contributed by atoms with Crippen LogP contribution in [0.2, 0.25) is 0 Å². The fourth-order valence-corrected chi connectivity index (χ4v) is 5.84. The van der Waals surface area contributed by atoms with Gasteiger partial charge < -0.3 is 34.5 Å². The van der Waals surface area contributed by atoms with Crippen LogP contribution in [0.4, 0.5) is 9.59 Å². The van der Waals surface area contributed by atoms with E-state index in [4.69, 9.17) is 18.9 Å². The summed E-state index contributed by atoms with van der Waals surface area (Å²) in [5.41, 5.74) is 5.41. The van der Waals surface area contributed by atoms with Crippen LogP contribution < -0.4 is 15.4 Å². The average Bonchev–Trinajstić information content (AvgIpc) is 3.45. The summed E-state index contributed by atoms with van der Waals surface area (Å²) >= 11 is 0. The molecule has 1 fully saturated rings. The number of cyclic esters (lactones) is 1. The third-order valence-corrected chi connectivity index (χ3v) is 8.49. The van der Waals surface area contributed by atoms with Gasteiger partial charge >= 0.3 is 12.1 Å². The normalized spacial score (nSPS) is 16.7. The number of rotatable bonds is 17. The van der Waals surface area contributed by atoms with Crippen LogP contribution in [-0.2, 0) is 40.3 Å². The second-order valence-corrected chi connectivity index (χ2v) is 12.8. The molecular weight excluding hydrogens is 594 g/mol. The quantitative estimate of drug-likeness (QED) is 0.149. The SMILES string of the molecule is CC1(C)OCc2cc(C3CN(CCCCCCOCCCCc4cccc(CNC(=O)NCc5ccccc5)c4)C(=O)O3)ccc2O1. The number of unbranched alkanes of at least 4 members (excludes halogenated alkanes) is 4. The Bertz CT molecular complexity index is 1450. The van der Waals surface area contributed by atoms with Gasteiger partial charge in [0.2, 0.25) is 5.79 Å². The molecule has 5 rings (SSSR count). The minimum atomic E-state index is -0.628. The first kappa shape index (κ1) is 34.3. The first-order chi connectivity index (χ1) is 22.8. The standard InChI is InChI=1S/C38H49N3O6/c1-38(2)45-28-33-24-32(18-19-34(33)47-38)35-27-41(37(43)46-35)20-9-3-4-10-21-44-22-11-8-13-29-16-12-17-31(23-29)26-40-36(42)39-25-30-14-6-5-7-15-30/h5-7,12,14-19,23-24,35H,3-4,8-11,13,20-22,25-28H2,1-2H3,(H2,39,40,42). The second-order valence-electron chi connectivity index (χ2n) is 12.8. The molecule has 3 aromatic carbocycles. The monoisotopic (exact) mass is 643 g/mol. The van der Waals surface area contributed by atoms with Gasteiger partial charge in [-0.15, -0.1) is 0 Å². The van der Waals surface area contributed by atoms with Crippen LogP contribution in [0.1, 0.15) is 86.3 Å². The number of urea groups is 1. The number of carbonyl (C=O) groups excluding carboxylic acids is 2. The van der Waals surface area contributed by atoms with Gasteiger partial charge in [0.15, 0.2) is 0 Å². The zero-order valence-electron chi connectivity index (χ0n) is 27.8. The molecular formula is C38H49N3O6.